The van der Waals surface area contributed by atoms with E-state index in [0.717, 1.165) is 80.1 Å². The van der Waals surface area contributed by atoms with Gasteiger partial charge in [-0.15, -0.1) is 0 Å². The molecule has 45 heavy (non-hydrogen) atoms. The molecule has 0 saturated carbocycles. The monoisotopic (exact) mass is 714 g/mol. The number of allylic oxidation sites excluding steroid dienone is 10. The first-order valence-corrected chi connectivity index (χ1v) is 16.5. The zero-order valence-corrected chi connectivity index (χ0v) is 33.6. The molecule has 0 saturated heterocycles. The Morgan fingerprint density at radius 3 is 2.53 bits per heavy atom. The molecule has 0 unspecified atom stereocenters. The summed E-state index contributed by atoms with van der Waals surface area (Å²) in [5, 5.41) is 14.3. The Morgan fingerprint density at radius 2 is 1.91 bits per heavy atom. The Morgan fingerprint density at radius 1 is 1.18 bits per heavy atom. The molecule has 0 fully saturated rings. The van der Waals surface area contributed by atoms with Crippen LogP contribution >= 0.6 is 0 Å². The molecule has 6 nitrogen and oxygen atoms in total. The van der Waals surface area contributed by atoms with Crippen molar-refractivity contribution in [3.05, 3.63) is 118 Å². The zero-order valence-electron chi connectivity index (χ0n) is 28.3. The van der Waals surface area contributed by atoms with Gasteiger partial charge in [0.05, 0.1) is 6.61 Å². The van der Waals surface area contributed by atoms with Gasteiger partial charge in [0, 0.05) is 19.3 Å². The number of aliphatic imine (C=N–C) groups is 1. The molecule has 0 radical (unpaired) electrons. The van der Waals surface area contributed by atoms with E-state index in [1.807, 2.05) is 55.3 Å². The van der Waals surface area contributed by atoms with Crippen molar-refractivity contribution in [2.75, 3.05) is 20.2 Å². The predicted molar refractivity (Wildman–Crippen MR) is 179 cm³/mol. The second-order valence-corrected chi connectivity index (χ2v) is 11.7. The summed E-state index contributed by atoms with van der Waals surface area (Å²) < 4.78 is 6.57. The van der Waals surface area contributed by atoms with E-state index < -0.39 is 0 Å². The van der Waals surface area contributed by atoms with Gasteiger partial charge in [-0.1, -0.05) is 26.3 Å². The van der Waals surface area contributed by atoms with E-state index in [1.165, 1.54) is 20.6 Å². The number of carbonyl (C=O) groups is 1. The fraction of sp³-hybridized carbons (Fsp3) is 0.378. The van der Waals surface area contributed by atoms with Crippen LogP contribution in [0.3, 0.4) is 0 Å². The quantitative estimate of drug-likeness (QED) is 0.0878. The summed E-state index contributed by atoms with van der Waals surface area (Å²) in [7, 11) is 1.90. The van der Waals surface area contributed by atoms with Gasteiger partial charge in [-0.25, -0.2) is 0 Å². The molecule has 2 rings (SSSR count). The number of benzene rings is 1. The molecule has 0 atom stereocenters. The largest absolute Gasteiger partial charge is 1.00 e. The van der Waals surface area contributed by atoms with Crippen molar-refractivity contribution < 1.29 is 86.6 Å². The summed E-state index contributed by atoms with van der Waals surface area (Å²) in [6.45, 7) is 15.6. The number of hydrogen-bond donors (Lipinski definition) is 1. The maximum Gasteiger partial charge on any atom is 1.00 e. The normalized spacial score (nSPS) is 14.3. The molecule has 0 aliphatic heterocycles. The summed E-state index contributed by atoms with van der Waals surface area (Å²) in [4.78, 5) is 20.2. The van der Waals surface area contributed by atoms with Gasteiger partial charge in [0.1, 0.15) is 5.76 Å². The van der Waals surface area contributed by atoms with E-state index in [0.29, 0.717) is 32.4 Å². The summed E-state index contributed by atoms with van der Waals surface area (Å²) in [5.74, 6) is 0.901. The van der Waals surface area contributed by atoms with E-state index in [1.54, 1.807) is 0 Å². The Bertz CT molecular complexity index is 1400. The van der Waals surface area contributed by atoms with E-state index in [4.69, 9.17) is 4.74 Å². The fourth-order valence-corrected chi connectivity index (χ4v) is 5.65. The van der Waals surface area contributed by atoms with E-state index in [-0.39, 0.29) is 57.3 Å². The van der Waals surface area contributed by atoms with Crippen LogP contribution in [0.4, 0.5) is 0 Å². The van der Waals surface area contributed by atoms with Crippen molar-refractivity contribution >= 4 is 16.2 Å². The summed E-state index contributed by atoms with van der Waals surface area (Å²) in [6.07, 6.45) is 17.2. The Kier molecular flexibility index (Phi) is 20.8. The first-order chi connectivity index (χ1) is 21.2. The first kappa shape index (κ1) is 41.2. The van der Waals surface area contributed by atoms with Crippen molar-refractivity contribution in [1.82, 2.24) is 10.2 Å². The average molecular weight is 715 g/mol. The van der Waals surface area contributed by atoms with Gasteiger partial charge < -0.3 is 4.74 Å². The molecule has 1 aromatic rings. The van der Waals surface area contributed by atoms with Crippen LogP contribution in [-0.2, 0) is 36.6 Å². The average Bonchev–Trinajstić information content (AvgIpc) is 3.20. The molecular weight excluding hydrogens is 666 g/mol. The number of nitrogens with zero attached hydrogens (tertiary/aromatic N) is 2. The molecular formula is C37H48KN3NbO3. The minimum absolute atomic E-state index is 0. The van der Waals surface area contributed by atoms with Crippen LogP contribution < -0.4 is 61.8 Å². The van der Waals surface area contributed by atoms with Crippen LogP contribution in [0.1, 0.15) is 77.8 Å². The standard InChI is InChI=1S/C37H49N3O3.K.Nb/c1-8-14-35(38-7)34(37(42)40(23-9-2)33-20-18-29(6)36(22-21-33)43-11-4)24-28(5)17-19-30(10-3)25-31-15-12-13-16-32(31)26-39-27-41;;/h10,12-13,15-17,19-22,27,38,41H,3,8-9,11,14,18,23-25H2,1-2,4-7H3;;/q;+1;/p-1/b28-17+,30-19+,35-34-;;. The molecule has 0 aromatic heterocycles. The van der Waals surface area contributed by atoms with Crippen molar-refractivity contribution in [3.8, 4) is 0 Å². The third-order valence-electron chi connectivity index (χ3n) is 7.30. The minimum Gasteiger partial charge on any atom is 1.00 e. The van der Waals surface area contributed by atoms with Gasteiger partial charge in [-0.3, -0.25) is 0 Å². The first-order valence-electron chi connectivity index (χ1n) is 15.4. The molecule has 1 aromatic carbocycles. The molecule has 0 bridgehead atoms. The Balaban J connectivity index is 0.0000101. The van der Waals surface area contributed by atoms with Crippen LogP contribution in [0.2, 0.25) is 0 Å². The van der Waals surface area contributed by atoms with Crippen LogP contribution in [-0.4, -0.2) is 41.3 Å². The van der Waals surface area contributed by atoms with Crippen molar-refractivity contribution in [2.45, 2.75) is 73.1 Å². The molecule has 1 N–H and O–H groups in total. The van der Waals surface area contributed by atoms with E-state index in [2.05, 4.69) is 68.9 Å². The third kappa shape index (κ3) is 13.1. The Labute approximate surface area is 325 Å². The number of rotatable bonds is 17. The number of carbonyl (C=O) groups excluding carboxylic acids is 1. The third-order valence-corrected chi connectivity index (χ3v) is 8.18. The van der Waals surface area contributed by atoms with Crippen LogP contribution in [0.15, 0.2) is 112 Å². The molecule has 1 aliphatic rings. The van der Waals surface area contributed by atoms with Gasteiger partial charge >= 0.3 is 222 Å². The van der Waals surface area contributed by atoms with Crippen LogP contribution in [0.5, 0.6) is 0 Å². The summed E-state index contributed by atoms with van der Waals surface area (Å²) in [6, 6.07) is 7.99. The van der Waals surface area contributed by atoms with Gasteiger partial charge in [0.2, 0.25) is 0 Å². The molecule has 1 aliphatic carbocycles. The number of nitrogens with one attached hydrogen (secondary N) is 1. The summed E-state index contributed by atoms with van der Waals surface area (Å²) >= 11 is 1.42. The molecule has 0 heterocycles. The molecule has 0 spiro atoms. The maximum absolute atomic E-state index is 14.3. The van der Waals surface area contributed by atoms with Crippen molar-refractivity contribution in [3.63, 3.8) is 0 Å². The smallest absolute Gasteiger partial charge is 1.00 e. The van der Waals surface area contributed by atoms with Gasteiger partial charge in [-0.2, -0.15) is 0 Å². The Hall–Kier alpha value is -1.81. The molecule has 235 valence electrons. The molecule has 8 heteroatoms. The van der Waals surface area contributed by atoms with E-state index in [9.17, 15) is 9.90 Å². The van der Waals surface area contributed by atoms with Crippen molar-refractivity contribution in [2.24, 2.45) is 4.99 Å². The van der Waals surface area contributed by atoms with E-state index >= 15 is 0 Å². The topological polar surface area (TPSA) is 77.0 Å². The van der Waals surface area contributed by atoms with Gasteiger partial charge in [-0.05, 0) is 44.4 Å². The fourth-order valence-electron chi connectivity index (χ4n) is 5.00. The maximum atomic E-state index is 14.3. The zero-order chi connectivity index (χ0) is 32.5. The molecule has 1 amide bonds. The predicted octanol–water partition coefficient (Wildman–Crippen LogP) is 3.76. The number of hydrogen-bond acceptors (Lipinski definition) is 5. The minimum atomic E-state index is 0. The number of ether oxygens (including phenoxy) is 1. The SMILES string of the molecule is C=C/C(=C\C=C(/C)C/C(C(=O)N(CCC)C1=CCC(C)=C(OCC)C=C1)=C(\CCC)NC)Cc1ccccc1[C](=[Nb])N=C[O-].[K+]. The van der Waals surface area contributed by atoms with Gasteiger partial charge in [0.15, 0.2) is 0 Å². The van der Waals surface area contributed by atoms with Gasteiger partial charge in [0.25, 0.3) is 0 Å². The number of amides is 1. The van der Waals surface area contributed by atoms with Crippen LogP contribution in [0.25, 0.3) is 0 Å². The van der Waals surface area contributed by atoms with Crippen molar-refractivity contribution in [1.29, 1.82) is 0 Å². The second kappa shape index (κ2) is 22.7. The van der Waals surface area contributed by atoms with Crippen LogP contribution in [0, 0.1) is 0 Å². The second-order valence-electron chi connectivity index (χ2n) is 10.7. The summed E-state index contributed by atoms with van der Waals surface area (Å²) in [5.41, 5.74) is 7.97.